The second kappa shape index (κ2) is 3.40. The number of carboxylic acids is 1. The lowest BCUT2D eigenvalue weighted by Gasteiger charge is -2.34. The van der Waals surface area contributed by atoms with Crippen LogP contribution in [0.3, 0.4) is 0 Å². The number of hydrogen-bond donors (Lipinski definition) is 1. The second-order valence-electron chi connectivity index (χ2n) is 3.86. The summed E-state index contributed by atoms with van der Waals surface area (Å²) in [6.45, 7) is 2.01. The van der Waals surface area contributed by atoms with Crippen molar-refractivity contribution >= 4 is 5.97 Å². The number of hydrogen-bond acceptors (Lipinski definition) is 2. The highest BCUT2D eigenvalue weighted by Gasteiger charge is 2.38. The normalized spacial score (nSPS) is 25.5. The van der Waals surface area contributed by atoms with Gasteiger partial charge >= 0.3 is 5.97 Å². The zero-order valence-electron chi connectivity index (χ0n) is 8.10. The van der Waals surface area contributed by atoms with Gasteiger partial charge < -0.3 is 5.11 Å². The van der Waals surface area contributed by atoms with Crippen LogP contribution in [0, 0.1) is 12.8 Å². The molecule has 3 heteroatoms. The molecular formula is C11H13NO2. The number of pyridine rings is 1. The van der Waals surface area contributed by atoms with Crippen molar-refractivity contribution < 1.29 is 9.90 Å². The maximum atomic E-state index is 10.9. The van der Waals surface area contributed by atoms with E-state index in [0.29, 0.717) is 0 Å². The van der Waals surface area contributed by atoms with Gasteiger partial charge in [-0.2, -0.15) is 0 Å². The SMILES string of the molecule is Cc1ccncc1C1CCC1C(=O)O. The van der Waals surface area contributed by atoms with E-state index in [1.54, 1.807) is 12.4 Å². The predicted molar refractivity (Wildman–Crippen MR) is 52.1 cm³/mol. The molecule has 1 saturated carbocycles. The van der Waals surface area contributed by atoms with E-state index >= 15 is 0 Å². The summed E-state index contributed by atoms with van der Waals surface area (Å²) < 4.78 is 0. The monoisotopic (exact) mass is 191 g/mol. The number of carboxylic acid groups (broad SMARTS) is 1. The van der Waals surface area contributed by atoms with Crippen molar-refractivity contribution in [1.82, 2.24) is 4.98 Å². The van der Waals surface area contributed by atoms with Crippen molar-refractivity contribution in [2.45, 2.75) is 25.7 Å². The number of rotatable bonds is 2. The molecule has 1 aliphatic carbocycles. The summed E-state index contributed by atoms with van der Waals surface area (Å²) in [4.78, 5) is 14.9. The van der Waals surface area contributed by atoms with Crippen molar-refractivity contribution in [1.29, 1.82) is 0 Å². The molecule has 0 spiro atoms. The van der Waals surface area contributed by atoms with E-state index in [2.05, 4.69) is 4.98 Å². The lowest BCUT2D eigenvalue weighted by Crippen LogP contribution is -2.31. The Kier molecular flexibility index (Phi) is 2.23. The summed E-state index contributed by atoms with van der Waals surface area (Å²) in [5, 5.41) is 8.94. The summed E-state index contributed by atoms with van der Waals surface area (Å²) in [5.41, 5.74) is 2.25. The molecule has 1 aliphatic rings. The Morgan fingerprint density at radius 1 is 1.57 bits per heavy atom. The Hall–Kier alpha value is -1.38. The van der Waals surface area contributed by atoms with E-state index in [4.69, 9.17) is 5.11 Å². The molecule has 0 aromatic carbocycles. The molecule has 2 atom stereocenters. The van der Waals surface area contributed by atoms with E-state index in [-0.39, 0.29) is 11.8 Å². The smallest absolute Gasteiger partial charge is 0.307 e. The molecule has 1 fully saturated rings. The van der Waals surface area contributed by atoms with Gasteiger partial charge in [-0.05, 0) is 42.9 Å². The highest BCUT2D eigenvalue weighted by atomic mass is 16.4. The molecule has 0 amide bonds. The fourth-order valence-corrected chi connectivity index (χ4v) is 2.03. The van der Waals surface area contributed by atoms with Gasteiger partial charge in [0.25, 0.3) is 0 Å². The molecular weight excluding hydrogens is 178 g/mol. The minimum atomic E-state index is -0.676. The number of aryl methyl sites for hydroxylation is 1. The van der Waals surface area contributed by atoms with Gasteiger partial charge in [-0.15, -0.1) is 0 Å². The second-order valence-corrected chi connectivity index (χ2v) is 3.86. The molecule has 3 nitrogen and oxygen atoms in total. The minimum absolute atomic E-state index is 0.182. The van der Waals surface area contributed by atoms with E-state index in [9.17, 15) is 4.79 Å². The Balaban J connectivity index is 2.24. The highest BCUT2D eigenvalue weighted by Crippen LogP contribution is 2.43. The maximum Gasteiger partial charge on any atom is 0.307 e. The molecule has 2 unspecified atom stereocenters. The summed E-state index contributed by atoms with van der Waals surface area (Å²) in [6, 6.07) is 1.94. The summed E-state index contributed by atoms with van der Waals surface area (Å²) in [5.74, 6) is -0.691. The third kappa shape index (κ3) is 1.39. The molecule has 2 rings (SSSR count). The van der Waals surface area contributed by atoms with Crippen LogP contribution in [0.25, 0.3) is 0 Å². The van der Waals surface area contributed by atoms with Crippen molar-refractivity contribution in [3.05, 3.63) is 29.6 Å². The van der Waals surface area contributed by atoms with Crippen LogP contribution >= 0.6 is 0 Å². The molecule has 74 valence electrons. The molecule has 1 heterocycles. The van der Waals surface area contributed by atoms with E-state index in [1.165, 1.54) is 0 Å². The lowest BCUT2D eigenvalue weighted by atomic mass is 9.69. The van der Waals surface area contributed by atoms with Crippen LogP contribution in [0.2, 0.25) is 0 Å². The molecule has 0 radical (unpaired) electrons. The van der Waals surface area contributed by atoms with Gasteiger partial charge in [0.15, 0.2) is 0 Å². The van der Waals surface area contributed by atoms with Crippen molar-refractivity contribution in [2.24, 2.45) is 5.92 Å². The van der Waals surface area contributed by atoms with Gasteiger partial charge in [-0.3, -0.25) is 9.78 Å². The van der Waals surface area contributed by atoms with E-state index < -0.39 is 5.97 Å². The Morgan fingerprint density at radius 2 is 2.36 bits per heavy atom. The highest BCUT2D eigenvalue weighted by molar-refractivity contribution is 5.72. The average molecular weight is 191 g/mol. The first kappa shape index (κ1) is 9.19. The van der Waals surface area contributed by atoms with Crippen LogP contribution in [0.4, 0.5) is 0 Å². The van der Waals surface area contributed by atoms with Crippen LogP contribution in [0.5, 0.6) is 0 Å². The van der Waals surface area contributed by atoms with E-state index in [1.807, 2.05) is 13.0 Å². The standard InChI is InChI=1S/C11H13NO2/c1-7-4-5-12-6-10(7)8-2-3-9(8)11(13)14/h4-6,8-9H,2-3H2,1H3,(H,13,14). The van der Waals surface area contributed by atoms with Crippen molar-refractivity contribution in [3.8, 4) is 0 Å². The van der Waals surface area contributed by atoms with Crippen LogP contribution in [0.15, 0.2) is 18.5 Å². The molecule has 0 saturated heterocycles. The molecule has 0 bridgehead atoms. The van der Waals surface area contributed by atoms with Crippen LogP contribution in [0.1, 0.15) is 29.9 Å². The Morgan fingerprint density at radius 3 is 2.86 bits per heavy atom. The third-order valence-electron chi connectivity index (χ3n) is 3.07. The molecule has 1 N–H and O–H groups in total. The quantitative estimate of drug-likeness (QED) is 0.777. The molecule has 1 aromatic rings. The van der Waals surface area contributed by atoms with Crippen molar-refractivity contribution in [2.75, 3.05) is 0 Å². The molecule has 0 aliphatic heterocycles. The first-order valence-corrected chi connectivity index (χ1v) is 4.83. The number of nitrogens with zero attached hydrogens (tertiary/aromatic N) is 1. The third-order valence-corrected chi connectivity index (χ3v) is 3.07. The van der Waals surface area contributed by atoms with E-state index in [0.717, 1.165) is 24.0 Å². The molecule has 1 aromatic heterocycles. The first-order valence-electron chi connectivity index (χ1n) is 4.83. The first-order chi connectivity index (χ1) is 6.70. The van der Waals surface area contributed by atoms with Crippen molar-refractivity contribution in [3.63, 3.8) is 0 Å². The van der Waals surface area contributed by atoms with Gasteiger partial charge in [-0.25, -0.2) is 0 Å². The van der Waals surface area contributed by atoms with Gasteiger partial charge in [0.1, 0.15) is 0 Å². The zero-order valence-corrected chi connectivity index (χ0v) is 8.10. The summed E-state index contributed by atoms with van der Waals surface area (Å²) in [7, 11) is 0. The number of carbonyl (C=O) groups is 1. The van der Waals surface area contributed by atoms with Gasteiger partial charge in [0.05, 0.1) is 5.92 Å². The lowest BCUT2D eigenvalue weighted by molar-refractivity contribution is -0.145. The van der Waals surface area contributed by atoms with Gasteiger partial charge in [0.2, 0.25) is 0 Å². The molecule has 14 heavy (non-hydrogen) atoms. The minimum Gasteiger partial charge on any atom is -0.481 e. The zero-order chi connectivity index (χ0) is 10.1. The van der Waals surface area contributed by atoms with Gasteiger partial charge in [0, 0.05) is 12.4 Å². The maximum absolute atomic E-state index is 10.9. The predicted octanol–water partition coefficient (Wildman–Crippen LogP) is 1.97. The topological polar surface area (TPSA) is 50.2 Å². The van der Waals surface area contributed by atoms with Crippen LogP contribution in [-0.2, 0) is 4.79 Å². The fourth-order valence-electron chi connectivity index (χ4n) is 2.03. The Bertz CT molecular complexity index is 362. The number of aromatic nitrogens is 1. The Labute approximate surface area is 82.8 Å². The van der Waals surface area contributed by atoms with Crippen LogP contribution < -0.4 is 0 Å². The van der Waals surface area contributed by atoms with Gasteiger partial charge in [-0.1, -0.05) is 0 Å². The van der Waals surface area contributed by atoms with Crippen LogP contribution in [-0.4, -0.2) is 16.1 Å². The summed E-state index contributed by atoms with van der Waals surface area (Å²) in [6.07, 6.45) is 5.32. The average Bonchev–Trinajstić information content (AvgIpc) is 2.05. The fraction of sp³-hybridized carbons (Fsp3) is 0.455. The largest absolute Gasteiger partial charge is 0.481 e. The summed E-state index contributed by atoms with van der Waals surface area (Å²) >= 11 is 0. The number of aliphatic carboxylic acids is 1.